The van der Waals surface area contributed by atoms with Crippen LogP contribution >= 0.6 is 0 Å². The molecule has 4 N–H and O–H groups in total. The summed E-state index contributed by atoms with van der Waals surface area (Å²) < 4.78 is 5.25. The zero-order valence-electron chi connectivity index (χ0n) is 16.3. The molecule has 28 heavy (non-hydrogen) atoms. The molecule has 1 heterocycles. The van der Waals surface area contributed by atoms with E-state index in [0.717, 1.165) is 48.8 Å². The minimum absolute atomic E-state index is 0.0254. The maximum atomic E-state index is 12.6. The smallest absolute Gasteiger partial charge is 0.251 e. The second-order valence-electron chi connectivity index (χ2n) is 7.56. The Morgan fingerprint density at radius 2 is 2.18 bits per heavy atom. The van der Waals surface area contributed by atoms with E-state index in [0.29, 0.717) is 12.1 Å². The van der Waals surface area contributed by atoms with Gasteiger partial charge in [-0.25, -0.2) is 0 Å². The highest BCUT2D eigenvalue weighted by Crippen LogP contribution is 2.29. The molecule has 1 aromatic heterocycles. The number of carbonyl (C=O) groups is 1. The lowest BCUT2D eigenvalue weighted by molar-refractivity contribution is 0.0953. The Morgan fingerprint density at radius 1 is 1.29 bits per heavy atom. The number of benzene rings is 2. The van der Waals surface area contributed by atoms with Gasteiger partial charge in [0.05, 0.1) is 7.11 Å². The van der Waals surface area contributed by atoms with Crippen LogP contribution < -0.4 is 15.8 Å². The first-order valence-corrected chi connectivity index (χ1v) is 9.94. The van der Waals surface area contributed by atoms with Gasteiger partial charge in [-0.15, -0.1) is 0 Å². The number of methoxy groups -OCH3 is 1. The molecule has 146 valence electrons. The van der Waals surface area contributed by atoms with E-state index in [2.05, 4.69) is 16.4 Å². The van der Waals surface area contributed by atoms with Crippen LogP contribution in [0.5, 0.6) is 5.75 Å². The van der Waals surface area contributed by atoms with Gasteiger partial charge in [-0.1, -0.05) is 12.1 Å². The molecule has 5 nitrogen and oxygen atoms in total. The Bertz CT molecular complexity index is 993. The summed E-state index contributed by atoms with van der Waals surface area (Å²) in [5.74, 6) is 0.840. The molecular formula is C23H27N3O2. The molecule has 0 saturated carbocycles. The molecule has 4 rings (SSSR count). The van der Waals surface area contributed by atoms with Crippen LogP contribution in [0.3, 0.4) is 0 Å². The first kappa shape index (κ1) is 18.6. The summed E-state index contributed by atoms with van der Waals surface area (Å²) in [7, 11) is 1.67. The van der Waals surface area contributed by atoms with Crippen molar-refractivity contribution in [3.8, 4) is 5.75 Å². The molecule has 0 bridgehead atoms. The van der Waals surface area contributed by atoms with E-state index >= 15 is 0 Å². The maximum absolute atomic E-state index is 12.6. The van der Waals surface area contributed by atoms with Crippen molar-refractivity contribution in [1.82, 2.24) is 10.3 Å². The van der Waals surface area contributed by atoms with Crippen molar-refractivity contribution in [1.29, 1.82) is 0 Å². The van der Waals surface area contributed by atoms with Crippen LogP contribution in [-0.2, 0) is 19.3 Å². The number of aromatic nitrogens is 1. The Morgan fingerprint density at radius 3 is 3.04 bits per heavy atom. The van der Waals surface area contributed by atoms with Crippen LogP contribution in [0.2, 0.25) is 0 Å². The highest BCUT2D eigenvalue weighted by molar-refractivity contribution is 5.99. The number of nitrogens with two attached hydrogens (primary N) is 1. The van der Waals surface area contributed by atoms with E-state index in [1.54, 1.807) is 7.11 Å². The number of aromatic amines is 1. The number of rotatable bonds is 6. The number of nitrogens with one attached hydrogen (secondary N) is 2. The monoisotopic (exact) mass is 377 g/mol. The van der Waals surface area contributed by atoms with Crippen LogP contribution in [0.15, 0.2) is 42.5 Å². The molecule has 0 fully saturated rings. The van der Waals surface area contributed by atoms with Crippen LogP contribution in [0.4, 0.5) is 0 Å². The van der Waals surface area contributed by atoms with Gasteiger partial charge in [0, 0.05) is 34.7 Å². The third-order valence-corrected chi connectivity index (χ3v) is 5.55. The van der Waals surface area contributed by atoms with E-state index in [9.17, 15) is 4.79 Å². The van der Waals surface area contributed by atoms with Crippen LogP contribution in [0.1, 0.15) is 40.0 Å². The number of hydrogen-bond acceptors (Lipinski definition) is 3. The Labute approximate surface area is 165 Å². The number of aryl methyl sites for hydroxylation is 2. The minimum atomic E-state index is -0.0254. The van der Waals surface area contributed by atoms with Gasteiger partial charge >= 0.3 is 0 Å². The van der Waals surface area contributed by atoms with Gasteiger partial charge < -0.3 is 20.8 Å². The summed E-state index contributed by atoms with van der Waals surface area (Å²) in [5.41, 5.74) is 11.7. The summed E-state index contributed by atoms with van der Waals surface area (Å²) in [6.07, 6.45) is 4.66. The highest BCUT2D eigenvalue weighted by atomic mass is 16.5. The van der Waals surface area contributed by atoms with Gasteiger partial charge in [-0.05, 0) is 73.6 Å². The zero-order chi connectivity index (χ0) is 19.5. The quantitative estimate of drug-likeness (QED) is 0.576. The first-order valence-electron chi connectivity index (χ1n) is 9.94. The second-order valence-corrected chi connectivity index (χ2v) is 7.56. The van der Waals surface area contributed by atoms with Crippen molar-refractivity contribution in [2.45, 2.75) is 38.1 Å². The van der Waals surface area contributed by atoms with Gasteiger partial charge in [0.25, 0.3) is 5.91 Å². The van der Waals surface area contributed by atoms with Crippen LogP contribution in [0.25, 0.3) is 10.9 Å². The van der Waals surface area contributed by atoms with Crippen molar-refractivity contribution in [2.24, 2.45) is 5.73 Å². The number of ether oxygens (including phenoxy) is 1. The molecule has 5 heteroatoms. The summed E-state index contributed by atoms with van der Waals surface area (Å²) in [4.78, 5) is 16.1. The van der Waals surface area contributed by atoms with Crippen molar-refractivity contribution in [3.63, 3.8) is 0 Å². The van der Waals surface area contributed by atoms with Gasteiger partial charge in [0.15, 0.2) is 0 Å². The fraction of sp³-hybridized carbons (Fsp3) is 0.348. The van der Waals surface area contributed by atoms with E-state index < -0.39 is 0 Å². The first-order chi connectivity index (χ1) is 13.6. The number of amides is 1. The average molecular weight is 377 g/mol. The molecule has 1 atom stereocenters. The average Bonchev–Trinajstić information content (AvgIpc) is 3.08. The lowest BCUT2D eigenvalue weighted by Gasteiger charge is -2.18. The molecular weight excluding hydrogens is 350 g/mol. The molecule has 2 aromatic carbocycles. The number of hydrogen-bond donors (Lipinski definition) is 3. The van der Waals surface area contributed by atoms with Gasteiger partial charge in [-0.2, -0.15) is 0 Å². The van der Waals surface area contributed by atoms with E-state index in [-0.39, 0.29) is 11.9 Å². The van der Waals surface area contributed by atoms with E-state index in [4.69, 9.17) is 10.5 Å². The maximum Gasteiger partial charge on any atom is 0.251 e. The predicted molar refractivity (Wildman–Crippen MR) is 112 cm³/mol. The molecule has 0 spiro atoms. The molecule has 1 aliphatic rings. The van der Waals surface area contributed by atoms with Gasteiger partial charge in [-0.3, -0.25) is 4.79 Å². The zero-order valence-corrected chi connectivity index (χ0v) is 16.3. The summed E-state index contributed by atoms with van der Waals surface area (Å²) in [6.45, 7) is 0.643. The van der Waals surface area contributed by atoms with Crippen molar-refractivity contribution >= 4 is 16.8 Å². The SMILES string of the molecule is COc1cccc(CCCNC(=O)c2ccc3[nH]c4c(c3c2)CC(N)CC4)c1. The third kappa shape index (κ3) is 3.90. The van der Waals surface area contributed by atoms with Crippen LogP contribution in [-0.4, -0.2) is 30.6 Å². The fourth-order valence-corrected chi connectivity index (χ4v) is 4.01. The van der Waals surface area contributed by atoms with E-state index in [1.165, 1.54) is 16.8 Å². The number of carbonyl (C=O) groups excluding carboxylic acids is 1. The molecule has 3 aromatic rings. The fourth-order valence-electron chi connectivity index (χ4n) is 4.01. The molecule has 1 amide bonds. The molecule has 0 aliphatic heterocycles. The Kier molecular flexibility index (Phi) is 5.35. The topological polar surface area (TPSA) is 80.1 Å². The van der Waals surface area contributed by atoms with Crippen molar-refractivity contribution in [3.05, 3.63) is 64.8 Å². The van der Waals surface area contributed by atoms with Crippen LogP contribution in [0, 0.1) is 0 Å². The number of H-pyrrole nitrogens is 1. The molecule has 1 unspecified atom stereocenters. The lowest BCUT2D eigenvalue weighted by atomic mass is 9.92. The summed E-state index contributed by atoms with van der Waals surface area (Å²) in [5, 5.41) is 4.17. The minimum Gasteiger partial charge on any atom is -0.497 e. The largest absolute Gasteiger partial charge is 0.497 e. The molecule has 0 radical (unpaired) electrons. The Hall–Kier alpha value is -2.79. The van der Waals surface area contributed by atoms with Crippen molar-refractivity contribution in [2.75, 3.05) is 13.7 Å². The Balaban J connectivity index is 1.38. The predicted octanol–water partition coefficient (Wildman–Crippen LogP) is 3.36. The highest BCUT2D eigenvalue weighted by Gasteiger charge is 2.20. The third-order valence-electron chi connectivity index (χ3n) is 5.55. The summed E-state index contributed by atoms with van der Waals surface area (Å²) >= 11 is 0. The molecule has 1 aliphatic carbocycles. The second kappa shape index (κ2) is 8.07. The standard InChI is InChI=1S/C23H27N3O2/c1-28-18-6-2-4-15(12-18)5-3-11-25-23(27)16-7-9-21-19(13-16)20-14-17(24)8-10-22(20)26-21/h2,4,6-7,9,12-13,17,26H,3,5,8,10-11,14,24H2,1H3,(H,25,27). The summed E-state index contributed by atoms with van der Waals surface area (Å²) in [6, 6.07) is 14.2. The van der Waals surface area contributed by atoms with E-state index in [1.807, 2.05) is 36.4 Å². The lowest BCUT2D eigenvalue weighted by Crippen LogP contribution is -2.27. The molecule has 0 saturated heterocycles. The van der Waals surface area contributed by atoms with Gasteiger partial charge in [0.1, 0.15) is 5.75 Å². The van der Waals surface area contributed by atoms with Crippen molar-refractivity contribution < 1.29 is 9.53 Å². The van der Waals surface area contributed by atoms with Gasteiger partial charge in [0.2, 0.25) is 0 Å². The normalized spacial score (nSPS) is 16.0. The number of fused-ring (bicyclic) bond motifs is 3.